The predicted molar refractivity (Wildman–Crippen MR) is 79.3 cm³/mol. The van der Waals surface area contributed by atoms with Crippen molar-refractivity contribution in [3.05, 3.63) is 70.8 Å². The molecule has 0 bridgehead atoms. The molecule has 0 aromatic heterocycles. The van der Waals surface area contributed by atoms with E-state index in [-0.39, 0.29) is 11.8 Å². The van der Waals surface area contributed by atoms with E-state index in [4.69, 9.17) is 0 Å². The largest absolute Gasteiger partial charge is 0.270 e. The number of hydrogen-bond acceptors (Lipinski definition) is 2. The number of hydrogen-bond donors (Lipinski definition) is 0. The highest BCUT2D eigenvalue weighted by molar-refractivity contribution is 6.21. The van der Waals surface area contributed by atoms with Gasteiger partial charge in [0.2, 0.25) is 0 Å². The maximum absolute atomic E-state index is 12.2. The van der Waals surface area contributed by atoms with Gasteiger partial charge in [-0.1, -0.05) is 48.3 Å². The molecule has 1 heterocycles. The van der Waals surface area contributed by atoms with Crippen molar-refractivity contribution in [1.82, 2.24) is 4.90 Å². The molecule has 98 valence electrons. The van der Waals surface area contributed by atoms with Crippen molar-refractivity contribution in [2.24, 2.45) is 0 Å². The number of amides is 2. The molecule has 1 aliphatic rings. The van der Waals surface area contributed by atoms with Crippen LogP contribution in [0.15, 0.2) is 48.5 Å². The zero-order valence-electron chi connectivity index (χ0n) is 11.3. The van der Waals surface area contributed by atoms with E-state index in [1.165, 1.54) is 10.5 Å². The number of rotatable bonds is 3. The molecule has 0 saturated carbocycles. The molecular weight excluding hydrogens is 249 g/mol. The molecule has 0 N–H and O–H groups in total. The van der Waals surface area contributed by atoms with Crippen LogP contribution in [-0.4, -0.2) is 24.6 Å². The minimum Gasteiger partial charge on any atom is -0.270 e. The van der Waals surface area contributed by atoms with Gasteiger partial charge >= 0.3 is 0 Å². The second kappa shape index (κ2) is 4.97. The summed E-state index contributed by atoms with van der Waals surface area (Å²) in [4.78, 5) is 25.8. The molecule has 0 atom stereocenters. The van der Waals surface area contributed by atoms with E-state index in [1.807, 2.05) is 24.3 Å². The SMILES string of the molecule is BCc1ccc(CN2C(=O)c3ccccc3C2=O)cc1. The summed E-state index contributed by atoms with van der Waals surface area (Å²) in [7, 11) is 2.10. The highest BCUT2D eigenvalue weighted by Crippen LogP contribution is 2.24. The van der Waals surface area contributed by atoms with Crippen LogP contribution in [-0.2, 0) is 12.9 Å². The third-order valence-electron chi connectivity index (χ3n) is 3.65. The normalized spacial score (nSPS) is 13.7. The average molecular weight is 263 g/mol. The Labute approximate surface area is 118 Å². The molecule has 4 heteroatoms. The molecular formula is C16H14BNO2. The van der Waals surface area contributed by atoms with Crippen molar-refractivity contribution in [1.29, 1.82) is 0 Å². The van der Waals surface area contributed by atoms with Crippen LogP contribution in [0.5, 0.6) is 0 Å². The van der Waals surface area contributed by atoms with Crippen molar-refractivity contribution >= 4 is 19.7 Å². The Hall–Kier alpha value is -2.36. The number of carbonyl (C=O) groups is 2. The van der Waals surface area contributed by atoms with Crippen LogP contribution in [0.2, 0.25) is 0 Å². The third-order valence-corrected chi connectivity index (χ3v) is 3.65. The van der Waals surface area contributed by atoms with E-state index < -0.39 is 0 Å². The van der Waals surface area contributed by atoms with Crippen LogP contribution in [0.1, 0.15) is 31.8 Å². The first-order valence-electron chi connectivity index (χ1n) is 6.73. The van der Waals surface area contributed by atoms with Gasteiger partial charge in [0.1, 0.15) is 7.85 Å². The summed E-state index contributed by atoms with van der Waals surface area (Å²) in [6, 6.07) is 15.0. The van der Waals surface area contributed by atoms with Gasteiger partial charge in [-0.25, -0.2) is 0 Å². The van der Waals surface area contributed by atoms with E-state index in [0.29, 0.717) is 17.7 Å². The second-order valence-corrected chi connectivity index (χ2v) is 4.91. The van der Waals surface area contributed by atoms with Crippen LogP contribution >= 0.6 is 0 Å². The molecule has 3 rings (SSSR count). The van der Waals surface area contributed by atoms with Crippen molar-refractivity contribution in [3.8, 4) is 0 Å². The summed E-state index contributed by atoms with van der Waals surface area (Å²) in [5.41, 5.74) is 3.22. The van der Waals surface area contributed by atoms with Gasteiger partial charge in [0.25, 0.3) is 11.8 Å². The van der Waals surface area contributed by atoms with Crippen molar-refractivity contribution in [2.75, 3.05) is 0 Å². The lowest BCUT2D eigenvalue weighted by atomic mass is 9.96. The summed E-state index contributed by atoms with van der Waals surface area (Å²) >= 11 is 0. The Morgan fingerprint density at radius 3 is 1.80 bits per heavy atom. The van der Waals surface area contributed by atoms with Crippen molar-refractivity contribution < 1.29 is 9.59 Å². The molecule has 0 spiro atoms. The molecule has 0 radical (unpaired) electrons. The third kappa shape index (κ3) is 2.03. The zero-order chi connectivity index (χ0) is 14.1. The minimum atomic E-state index is -0.204. The Morgan fingerprint density at radius 2 is 1.30 bits per heavy atom. The van der Waals surface area contributed by atoms with E-state index in [0.717, 1.165) is 11.9 Å². The predicted octanol–water partition coefficient (Wildman–Crippen LogP) is 1.62. The van der Waals surface area contributed by atoms with Crippen LogP contribution in [0, 0.1) is 0 Å². The topological polar surface area (TPSA) is 37.4 Å². The van der Waals surface area contributed by atoms with E-state index in [1.54, 1.807) is 24.3 Å². The quantitative estimate of drug-likeness (QED) is 0.623. The molecule has 1 aliphatic heterocycles. The Balaban J connectivity index is 1.85. The zero-order valence-corrected chi connectivity index (χ0v) is 11.3. The minimum absolute atomic E-state index is 0.204. The lowest BCUT2D eigenvalue weighted by Crippen LogP contribution is -2.29. The molecule has 2 amide bonds. The first-order chi connectivity index (χ1) is 9.70. The average Bonchev–Trinajstić information content (AvgIpc) is 2.74. The number of carbonyl (C=O) groups excluding carboxylic acids is 2. The fourth-order valence-corrected chi connectivity index (χ4v) is 2.45. The molecule has 2 aromatic carbocycles. The molecule has 0 unspecified atom stereocenters. The maximum Gasteiger partial charge on any atom is 0.261 e. The van der Waals surface area contributed by atoms with Gasteiger partial charge in [-0.2, -0.15) is 0 Å². The van der Waals surface area contributed by atoms with Gasteiger partial charge in [0, 0.05) is 0 Å². The standard InChI is InChI=1S/C16H14BNO2/c17-9-11-5-7-12(8-6-11)10-18-15(19)13-3-1-2-4-14(13)16(18)20/h1-8H,9-10,17H2. The fraction of sp³-hybridized carbons (Fsp3) is 0.125. The number of imide groups is 1. The van der Waals surface area contributed by atoms with Gasteiger partial charge in [0.15, 0.2) is 0 Å². The Bertz CT molecular complexity index is 644. The van der Waals surface area contributed by atoms with Crippen molar-refractivity contribution in [2.45, 2.75) is 12.9 Å². The van der Waals surface area contributed by atoms with Crippen LogP contribution in [0.4, 0.5) is 0 Å². The van der Waals surface area contributed by atoms with Gasteiger partial charge in [-0.3, -0.25) is 14.5 Å². The number of benzene rings is 2. The van der Waals surface area contributed by atoms with E-state index in [2.05, 4.69) is 7.85 Å². The monoisotopic (exact) mass is 263 g/mol. The highest BCUT2D eigenvalue weighted by atomic mass is 16.2. The molecule has 20 heavy (non-hydrogen) atoms. The Kier molecular flexibility index (Phi) is 3.14. The van der Waals surface area contributed by atoms with Gasteiger partial charge < -0.3 is 0 Å². The smallest absolute Gasteiger partial charge is 0.261 e. The highest BCUT2D eigenvalue weighted by Gasteiger charge is 2.34. The summed E-state index contributed by atoms with van der Waals surface area (Å²) in [5.74, 6) is -0.407. The summed E-state index contributed by atoms with van der Waals surface area (Å²) < 4.78 is 0. The molecule has 0 aliphatic carbocycles. The van der Waals surface area contributed by atoms with Gasteiger partial charge in [0.05, 0.1) is 17.7 Å². The van der Waals surface area contributed by atoms with E-state index in [9.17, 15) is 9.59 Å². The lowest BCUT2D eigenvalue weighted by Gasteiger charge is -2.14. The van der Waals surface area contributed by atoms with Crippen LogP contribution in [0.3, 0.4) is 0 Å². The summed E-state index contributed by atoms with van der Waals surface area (Å²) in [5, 5.41) is 0. The number of fused-ring (bicyclic) bond motifs is 1. The second-order valence-electron chi connectivity index (χ2n) is 4.91. The van der Waals surface area contributed by atoms with E-state index >= 15 is 0 Å². The molecule has 3 nitrogen and oxygen atoms in total. The first kappa shape index (κ1) is 12.7. The van der Waals surface area contributed by atoms with Crippen molar-refractivity contribution in [3.63, 3.8) is 0 Å². The number of nitrogens with zero attached hydrogens (tertiary/aromatic N) is 1. The lowest BCUT2D eigenvalue weighted by molar-refractivity contribution is 0.0642. The Morgan fingerprint density at radius 1 is 0.800 bits per heavy atom. The van der Waals surface area contributed by atoms with Gasteiger partial charge in [-0.15, -0.1) is 0 Å². The van der Waals surface area contributed by atoms with Gasteiger partial charge in [-0.05, 0) is 17.7 Å². The maximum atomic E-state index is 12.2. The van der Waals surface area contributed by atoms with Crippen LogP contribution in [0.25, 0.3) is 0 Å². The molecule has 0 saturated heterocycles. The van der Waals surface area contributed by atoms with Crippen LogP contribution < -0.4 is 0 Å². The fourth-order valence-electron chi connectivity index (χ4n) is 2.45. The summed E-state index contributed by atoms with van der Waals surface area (Å²) in [6.45, 7) is 0.330. The molecule has 0 fully saturated rings. The summed E-state index contributed by atoms with van der Waals surface area (Å²) in [6.07, 6.45) is 0.979. The molecule has 2 aromatic rings. The first-order valence-corrected chi connectivity index (χ1v) is 6.73.